The van der Waals surface area contributed by atoms with E-state index in [9.17, 15) is 4.79 Å². The molecule has 1 fully saturated rings. The smallest absolute Gasteiger partial charge is 0.323 e. The molecule has 1 heterocycles. The maximum Gasteiger partial charge on any atom is 0.323 e. The molecular formula is C9H17NO3. The summed E-state index contributed by atoms with van der Waals surface area (Å²) in [5.74, 6) is -0.794. The highest BCUT2D eigenvalue weighted by Gasteiger charge is 2.40. The van der Waals surface area contributed by atoms with Crippen molar-refractivity contribution in [3.63, 3.8) is 0 Å². The minimum Gasteiger partial charge on any atom is -0.480 e. The molecule has 0 aromatic carbocycles. The second kappa shape index (κ2) is 3.64. The zero-order valence-corrected chi connectivity index (χ0v) is 8.41. The minimum absolute atomic E-state index is 0.265. The molecule has 0 spiro atoms. The van der Waals surface area contributed by atoms with Crippen molar-refractivity contribution < 1.29 is 14.6 Å². The summed E-state index contributed by atoms with van der Waals surface area (Å²) >= 11 is 0. The van der Waals surface area contributed by atoms with E-state index in [0.717, 1.165) is 13.1 Å². The predicted octanol–water partition coefficient (Wildman–Crippen LogP) is 0.428. The summed E-state index contributed by atoms with van der Waals surface area (Å²) in [7, 11) is 1.53. The quantitative estimate of drug-likeness (QED) is 0.693. The molecule has 1 N–H and O–H groups in total. The van der Waals surface area contributed by atoms with E-state index in [1.807, 2.05) is 4.90 Å². The van der Waals surface area contributed by atoms with Gasteiger partial charge in [-0.3, -0.25) is 9.69 Å². The number of carboxylic acid groups (broad SMARTS) is 1. The van der Waals surface area contributed by atoms with Gasteiger partial charge in [-0.25, -0.2) is 0 Å². The number of nitrogens with zero attached hydrogens (tertiary/aromatic N) is 1. The second-order valence-corrected chi connectivity index (χ2v) is 4.38. The van der Waals surface area contributed by atoms with Gasteiger partial charge >= 0.3 is 5.97 Å². The van der Waals surface area contributed by atoms with Crippen LogP contribution in [0.1, 0.15) is 13.8 Å². The molecule has 1 aliphatic heterocycles. The van der Waals surface area contributed by atoms with Crippen LogP contribution in [0.3, 0.4) is 0 Å². The van der Waals surface area contributed by atoms with E-state index in [0.29, 0.717) is 0 Å². The number of aliphatic carboxylic acids is 1. The third-order valence-electron chi connectivity index (χ3n) is 2.31. The number of hydrogen-bond acceptors (Lipinski definition) is 3. The number of carboxylic acids is 1. The fraction of sp³-hybridized carbons (Fsp3) is 0.889. The van der Waals surface area contributed by atoms with Gasteiger partial charge in [0.1, 0.15) is 6.04 Å². The van der Waals surface area contributed by atoms with Gasteiger partial charge in [0.15, 0.2) is 0 Å². The number of likely N-dealkylation sites (tertiary alicyclic amines) is 1. The maximum atomic E-state index is 10.8. The fourth-order valence-corrected chi connectivity index (χ4v) is 1.76. The molecular weight excluding hydrogens is 170 g/mol. The second-order valence-electron chi connectivity index (χ2n) is 4.38. The van der Waals surface area contributed by atoms with Gasteiger partial charge in [-0.2, -0.15) is 0 Å². The van der Waals surface area contributed by atoms with E-state index >= 15 is 0 Å². The third kappa shape index (κ3) is 2.42. The Hall–Kier alpha value is -0.610. The highest BCUT2D eigenvalue weighted by Crippen LogP contribution is 2.30. The largest absolute Gasteiger partial charge is 0.480 e. The molecule has 0 amide bonds. The summed E-state index contributed by atoms with van der Waals surface area (Å²) in [5, 5.41) is 8.89. The van der Waals surface area contributed by atoms with Gasteiger partial charge in [0.05, 0.1) is 6.61 Å². The Morgan fingerprint density at radius 3 is 2.46 bits per heavy atom. The highest BCUT2D eigenvalue weighted by molar-refractivity contribution is 5.73. The summed E-state index contributed by atoms with van der Waals surface area (Å²) in [6.45, 7) is 6.22. The Kier molecular flexibility index (Phi) is 2.93. The molecule has 4 heteroatoms. The SMILES string of the molecule is COCC(C(=O)O)N1CC(C)(C)C1. The van der Waals surface area contributed by atoms with E-state index in [4.69, 9.17) is 9.84 Å². The van der Waals surface area contributed by atoms with Gasteiger partial charge in [-0.15, -0.1) is 0 Å². The van der Waals surface area contributed by atoms with Crippen LogP contribution in [0.5, 0.6) is 0 Å². The molecule has 0 radical (unpaired) electrons. The zero-order valence-electron chi connectivity index (χ0n) is 8.41. The van der Waals surface area contributed by atoms with Crippen LogP contribution in [-0.4, -0.2) is 48.8 Å². The topological polar surface area (TPSA) is 49.8 Å². The van der Waals surface area contributed by atoms with Gasteiger partial charge in [-0.1, -0.05) is 13.8 Å². The monoisotopic (exact) mass is 187 g/mol. The van der Waals surface area contributed by atoms with Crippen LogP contribution < -0.4 is 0 Å². The molecule has 13 heavy (non-hydrogen) atoms. The Morgan fingerprint density at radius 2 is 2.15 bits per heavy atom. The molecule has 1 unspecified atom stereocenters. The first-order valence-electron chi connectivity index (χ1n) is 4.42. The van der Waals surface area contributed by atoms with Crippen molar-refractivity contribution in [1.82, 2.24) is 4.90 Å². The maximum absolute atomic E-state index is 10.8. The van der Waals surface area contributed by atoms with Crippen molar-refractivity contribution in [2.75, 3.05) is 26.8 Å². The van der Waals surface area contributed by atoms with Gasteiger partial charge < -0.3 is 9.84 Å². The van der Waals surface area contributed by atoms with E-state index in [-0.39, 0.29) is 12.0 Å². The van der Waals surface area contributed by atoms with E-state index in [1.54, 1.807) is 0 Å². The van der Waals surface area contributed by atoms with Gasteiger partial charge in [-0.05, 0) is 5.41 Å². The van der Waals surface area contributed by atoms with Crippen molar-refractivity contribution in [3.8, 4) is 0 Å². The average molecular weight is 187 g/mol. The minimum atomic E-state index is -0.794. The van der Waals surface area contributed by atoms with Crippen LogP contribution in [0.25, 0.3) is 0 Å². The first-order valence-corrected chi connectivity index (χ1v) is 4.42. The van der Waals surface area contributed by atoms with Gasteiger partial charge in [0.2, 0.25) is 0 Å². The van der Waals surface area contributed by atoms with Crippen LogP contribution in [-0.2, 0) is 9.53 Å². The summed E-state index contributed by atoms with van der Waals surface area (Å²) in [6.07, 6.45) is 0. The fourth-order valence-electron chi connectivity index (χ4n) is 1.76. The average Bonchev–Trinajstić information content (AvgIpc) is 1.95. The van der Waals surface area contributed by atoms with Crippen LogP contribution >= 0.6 is 0 Å². The van der Waals surface area contributed by atoms with Crippen molar-refractivity contribution in [2.24, 2.45) is 5.41 Å². The van der Waals surface area contributed by atoms with E-state index in [2.05, 4.69) is 13.8 Å². The summed E-state index contributed by atoms with van der Waals surface area (Å²) in [5.41, 5.74) is 0.265. The molecule has 1 atom stereocenters. The lowest BCUT2D eigenvalue weighted by atomic mass is 9.83. The summed E-state index contributed by atoms with van der Waals surface area (Å²) in [6, 6.07) is -0.474. The first kappa shape index (κ1) is 10.5. The molecule has 0 bridgehead atoms. The summed E-state index contributed by atoms with van der Waals surface area (Å²) < 4.78 is 4.87. The number of rotatable bonds is 4. The molecule has 0 aromatic heterocycles. The Morgan fingerprint density at radius 1 is 1.62 bits per heavy atom. The summed E-state index contributed by atoms with van der Waals surface area (Å²) in [4.78, 5) is 12.7. The van der Waals surface area contributed by atoms with Crippen molar-refractivity contribution in [1.29, 1.82) is 0 Å². The molecule has 1 saturated heterocycles. The van der Waals surface area contributed by atoms with Crippen molar-refractivity contribution in [3.05, 3.63) is 0 Å². The Labute approximate surface area is 78.5 Å². The van der Waals surface area contributed by atoms with Gasteiger partial charge in [0, 0.05) is 20.2 Å². The lowest BCUT2D eigenvalue weighted by Crippen LogP contribution is -2.60. The molecule has 76 valence electrons. The van der Waals surface area contributed by atoms with Crippen molar-refractivity contribution >= 4 is 5.97 Å². The van der Waals surface area contributed by atoms with Crippen LogP contribution in [0.15, 0.2) is 0 Å². The molecule has 1 rings (SSSR count). The normalized spacial score (nSPS) is 23.6. The van der Waals surface area contributed by atoms with Crippen LogP contribution in [0, 0.1) is 5.41 Å². The molecule has 0 aliphatic carbocycles. The molecule has 0 aromatic rings. The van der Waals surface area contributed by atoms with Crippen LogP contribution in [0.2, 0.25) is 0 Å². The van der Waals surface area contributed by atoms with E-state index < -0.39 is 12.0 Å². The molecule has 4 nitrogen and oxygen atoms in total. The van der Waals surface area contributed by atoms with Crippen molar-refractivity contribution in [2.45, 2.75) is 19.9 Å². The lowest BCUT2D eigenvalue weighted by molar-refractivity contribution is -0.151. The Balaban J connectivity index is 2.45. The number of hydrogen-bond donors (Lipinski definition) is 1. The number of carbonyl (C=O) groups is 1. The van der Waals surface area contributed by atoms with Crippen LogP contribution in [0.4, 0.5) is 0 Å². The third-order valence-corrected chi connectivity index (χ3v) is 2.31. The van der Waals surface area contributed by atoms with E-state index in [1.165, 1.54) is 7.11 Å². The number of methoxy groups -OCH3 is 1. The highest BCUT2D eigenvalue weighted by atomic mass is 16.5. The predicted molar refractivity (Wildman–Crippen MR) is 48.7 cm³/mol. The standard InChI is InChI=1S/C9H17NO3/c1-9(2)5-10(6-9)7(4-13-3)8(11)12/h7H,4-6H2,1-3H3,(H,11,12). The first-order chi connectivity index (χ1) is 5.96. The Bertz CT molecular complexity index is 195. The zero-order chi connectivity index (χ0) is 10.1. The molecule has 1 aliphatic rings. The lowest BCUT2D eigenvalue weighted by Gasteiger charge is -2.48. The number of ether oxygens (including phenoxy) is 1. The van der Waals surface area contributed by atoms with Gasteiger partial charge in [0.25, 0.3) is 0 Å². The molecule has 0 saturated carbocycles.